The van der Waals surface area contributed by atoms with Crippen molar-refractivity contribution in [2.75, 3.05) is 5.73 Å². The first-order valence-corrected chi connectivity index (χ1v) is 7.29. The molecular formula is C16H16BrN3. The van der Waals surface area contributed by atoms with Gasteiger partial charge in [-0.15, -0.1) is 0 Å². The van der Waals surface area contributed by atoms with Crippen LogP contribution >= 0.6 is 15.9 Å². The van der Waals surface area contributed by atoms with Gasteiger partial charge in [0.1, 0.15) is 0 Å². The molecule has 0 amide bonds. The van der Waals surface area contributed by atoms with Gasteiger partial charge >= 0.3 is 0 Å². The molecule has 0 radical (unpaired) electrons. The number of fused-ring (bicyclic) bond motifs is 1. The summed E-state index contributed by atoms with van der Waals surface area (Å²) in [5.74, 6) is 0. The first kappa shape index (κ1) is 13.2. The van der Waals surface area contributed by atoms with Crippen molar-refractivity contribution in [3.63, 3.8) is 0 Å². The number of imidazole rings is 1. The first-order valence-electron chi connectivity index (χ1n) is 6.50. The van der Waals surface area contributed by atoms with Gasteiger partial charge in [0.25, 0.3) is 0 Å². The summed E-state index contributed by atoms with van der Waals surface area (Å²) in [5, 5.41) is 0. The van der Waals surface area contributed by atoms with Crippen molar-refractivity contribution < 1.29 is 0 Å². The molecule has 0 fully saturated rings. The van der Waals surface area contributed by atoms with E-state index in [2.05, 4.69) is 57.5 Å². The lowest BCUT2D eigenvalue weighted by Crippen LogP contribution is -1.99. The summed E-state index contributed by atoms with van der Waals surface area (Å²) in [6, 6.07) is 10.3. The molecule has 3 nitrogen and oxygen atoms in total. The van der Waals surface area contributed by atoms with Crippen molar-refractivity contribution in [1.29, 1.82) is 0 Å². The molecule has 0 aliphatic heterocycles. The number of anilines is 1. The Kier molecular flexibility index (Phi) is 3.26. The summed E-state index contributed by atoms with van der Waals surface area (Å²) in [4.78, 5) is 4.48. The van der Waals surface area contributed by atoms with E-state index in [4.69, 9.17) is 5.73 Å². The third-order valence-electron chi connectivity index (χ3n) is 3.57. The van der Waals surface area contributed by atoms with Gasteiger partial charge in [-0.1, -0.05) is 15.9 Å². The highest BCUT2D eigenvalue weighted by atomic mass is 79.9. The van der Waals surface area contributed by atoms with Crippen LogP contribution < -0.4 is 5.73 Å². The smallest absolute Gasteiger partial charge is 0.0961 e. The van der Waals surface area contributed by atoms with Gasteiger partial charge in [0.2, 0.25) is 0 Å². The number of aromatic nitrogens is 2. The fourth-order valence-electron chi connectivity index (χ4n) is 2.40. The predicted molar refractivity (Wildman–Crippen MR) is 86.9 cm³/mol. The zero-order chi connectivity index (χ0) is 14.3. The Balaban J connectivity index is 2.04. The molecule has 20 heavy (non-hydrogen) atoms. The highest BCUT2D eigenvalue weighted by Crippen LogP contribution is 2.22. The zero-order valence-electron chi connectivity index (χ0n) is 11.5. The van der Waals surface area contributed by atoms with Crippen LogP contribution in [0.4, 0.5) is 5.69 Å². The van der Waals surface area contributed by atoms with E-state index in [1.54, 1.807) is 0 Å². The maximum Gasteiger partial charge on any atom is 0.0961 e. The van der Waals surface area contributed by atoms with Crippen molar-refractivity contribution >= 4 is 32.7 Å². The van der Waals surface area contributed by atoms with Crippen LogP contribution in [0.1, 0.15) is 16.7 Å². The SMILES string of the molecule is Cc1cc2ncn(Cc3cc(N)cc(Br)c3)c2cc1C. The first-order chi connectivity index (χ1) is 9.52. The third-order valence-corrected chi connectivity index (χ3v) is 4.03. The second-order valence-electron chi connectivity index (χ2n) is 5.19. The fraction of sp³-hybridized carbons (Fsp3) is 0.188. The third kappa shape index (κ3) is 2.43. The summed E-state index contributed by atoms with van der Waals surface area (Å²) in [7, 11) is 0. The standard InChI is InChI=1S/C16H16BrN3/c1-10-3-15-16(4-11(10)2)20(9-19-15)8-12-5-13(17)7-14(18)6-12/h3-7,9H,8,18H2,1-2H3. The molecule has 3 aromatic rings. The minimum atomic E-state index is 0.767. The summed E-state index contributed by atoms with van der Waals surface area (Å²) in [5.41, 5.74) is 12.6. The highest BCUT2D eigenvalue weighted by Gasteiger charge is 2.06. The van der Waals surface area contributed by atoms with Gasteiger partial charge < -0.3 is 10.3 Å². The second kappa shape index (κ2) is 4.94. The Morgan fingerprint density at radius 3 is 2.60 bits per heavy atom. The molecule has 1 heterocycles. The molecule has 0 saturated heterocycles. The molecular weight excluding hydrogens is 314 g/mol. The second-order valence-corrected chi connectivity index (χ2v) is 6.11. The Bertz CT molecular complexity index is 770. The van der Waals surface area contributed by atoms with Gasteiger partial charge in [-0.05, 0) is 60.9 Å². The van der Waals surface area contributed by atoms with Crippen LogP contribution in [-0.4, -0.2) is 9.55 Å². The van der Waals surface area contributed by atoms with Crippen molar-refractivity contribution in [1.82, 2.24) is 9.55 Å². The van der Waals surface area contributed by atoms with Gasteiger partial charge in [-0.3, -0.25) is 0 Å². The Morgan fingerprint density at radius 1 is 1.10 bits per heavy atom. The molecule has 0 saturated carbocycles. The molecule has 3 rings (SSSR count). The highest BCUT2D eigenvalue weighted by molar-refractivity contribution is 9.10. The topological polar surface area (TPSA) is 43.8 Å². The van der Waals surface area contributed by atoms with E-state index >= 15 is 0 Å². The lowest BCUT2D eigenvalue weighted by Gasteiger charge is -2.08. The largest absolute Gasteiger partial charge is 0.399 e. The lowest BCUT2D eigenvalue weighted by atomic mass is 10.1. The summed E-state index contributed by atoms with van der Waals surface area (Å²) in [6.07, 6.45) is 1.89. The van der Waals surface area contributed by atoms with Crippen molar-refractivity contribution in [3.8, 4) is 0 Å². The molecule has 2 aromatic carbocycles. The van der Waals surface area contributed by atoms with Gasteiger partial charge in [0.15, 0.2) is 0 Å². The monoisotopic (exact) mass is 329 g/mol. The van der Waals surface area contributed by atoms with Crippen molar-refractivity contribution in [3.05, 3.63) is 57.8 Å². The average molecular weight is 330 g/mol. The number of halogens is 1. The minimum absolute atomic E-state index is 0.767. The zero-order valence-corrected chi connectivity index (χ0v) is 13.1. The maximum atomic E-state index is 5.89. The van der Waals surface area contributed by atoms with E-state index in [-0.39, 0.29) is 0 Å². The van der Waals surface area contributed by atoms with E-state index in [0.717, 1.165) is 33.3 Å². The number of hydrogen-bond acceptors (Lipinski definition) is 2. The van der Waals surface area contributed by atoms with Crippen LogP contribution in [0.15, 0.2) is 41.1 Å². The van der Waals surface area contributed by atoms with Gasteiger partial charge in [-0.2, -0.15) is 0 Å². The van der Waals surface area contributed by atoms with Gasteiger partial charge in [0, 0.05) is 16.7 Å². The maximum absolute atomic E-state index is 5.89. The van der Waals surface area contributed by atoms with E-state index in [9.17, 15) is 0 Å². The molecule has 4 heteroatoms. The molecule has 0 aliphatic carbocycles. The molecule has 0 aliphatic rings. The van der Waals surface area contributed by atoms with E-state index in [1.807, 2.05) is 18.5 Å². The number of benzene rings is 2. The molecule has 1 aromatic heterocycles. The molecule has 2 N–H and O–H groups in total. The van der Waals surface area contributed by atoms with Crippen LogP contribution in [0.5, 0.6) is 0 Å². The van der Waals surface area contributed by atoms with E-state index in [0.29, 0.717) is 0 Å². The Labute approximate surface area is 126 Å². The van der Waals surface area contributed by atoms with Crippen LogP contribution in [-0.2, 0) is 6.54 Å². The Hall–Kier alpha value is -1.81. The number of nitrogens with zero attached hydrogens (tertiary/aromatic N) is 2. The molecule has 0 atom stereocenters. The lowest BCUT2D eigenvalue weighted by molar-refractivity contribution is 0.824. The fourth-order valence-corrected chi connectivity index (χ4v) is 2.96. The summed E-state index contributed by atoms with van der Waals surface area (Å²) >= 11 is 3.48. The quantitative estimate of drug-likeness (QED) is 0.721. The number of aryl methyl sites for hydroxylation is 2. The van der Waals surface area contributed by atoms with E-state index < -0.39 is 0 Å². The summed E-state index contributed by atoms with van der Waals surface area (Å²) < 4.78 is 3.16. The minimum Gasteiger partial charge on any atom is -0.399 e. The summed E-state index contributed by atoms with van der Waals surface area (Å²) in [6.45, 7) is 5.01. The normalized spacial score (nSPS) is 11.2. The van der Waals surface area contributed by atoms with Crippen LogP contribution in [0.3, 0.4) is 0 Å². The average Bonchev–Trinajstić information content (AvgIpc) is 2.71. The Morgan fingerprint density at radius 2 is 1.85 bits per heavy atom. The van der Waals surface area contributed by atoms with Crippen LogP contribution in [0.25, 0.3) is 11.0 Å². The van der Waals surface area contributed by atoms with Crippen LogP contribution in [0, 0.1) is 13.8 Å². The molecule has 102 valence electrons. The van der Waals surface area contributed by atoms with Gasteiger partial charge in [0.05, 0.1) is 17.4 Å². The van der Waals surface area contributed by atoms with Crippen molar-refractivity contribution in [2.24, 2.45) is 0 Å². The van der Waals surface area contributed by atoms with Crippen LogP contribution in [0.2, 0.25) is 0 Å². The van der Waals surface area contributed by atoms with E-state index in [1.165, 1.54) is 11.1 Å². The number of rotatable bonds is 2. The van der Waals surface area contributed by atoms with Gasteiger partial charge in [-0.25, -0.2) is 4.98 Å². The number of nitrogen functional groups attached to an aromatic ring is 1. The molecule has 0 bridgehead atoms. The predicted octanol–water partition coefficient (Wildman–Crippen LogP) is 4.05. The molecule has 0 spiro atoms. The number of hydrogen-bond donors (Lipinski definition) is 1. The molecule has 0 unspecified atom stereocenters. The number of nitrogens with two attached hydrogens (primary N) is 1. The van der Waals surface area contributed by atoms with Crippen molar-refractivity contribution in [2.45, 2.75) is 20.4 Å².